The third-order valence-corrected chi connectivity index (χ3v) is 3.63. The Hall–Kier alpha value is -2.08. The highest BCUT2D eigenvalue weighted by atomic mass is 14.3. The molecule has 0 heterocycles. The summed E-state index contributed by atoms with van der Waals surface area (Å²) in [6.07, 6.45) is 14.2. The van der Waals surface area contributed by atoms with Gasteiger partial charge in [-0.05, 0) is 39.8 Å². The predicted molar refractivity (Wildman–Crippen MR) is 72.3 cm³/mol. The second-order valence-corrected chi connectivity index (χ2v) is 4.67. The molecule has 0 nitrogen and oxygen atoms in total. The Morgan fingerprint density at radius 1 is 0.882 bits per heavy atom. The van der Waals surface area contributed by atoms with Gasteiger partial charge in [-0.3, -0.25) is 0 Å². The molecule has 0 aliphatic heterocycles. The van der Waals surface area contributed by atoms with Gasteiger partial charge in [-0.1, -0.05) is 60.7 Å². The van der Waals surface area contributed by atoms with Crippen LogP contribution in [0.3, 0.4) is 0 Å². The maximum atomic E-state index is 2.34. The Bertz CT molecular complexity index is 661. The summed E-state index contributed by atoms with van der Waals surface area (Å²) in [6.45, 7) is 0. The first-order valence-corrected chi connectivity index (χ1v) is 6.02. The lowest BCUT2D eigenvalue weighted by Crippen LogP contribution is -2.12. The van der Waals surface area contributed by atoms with E-state index in [0.29, 0.717) is 0 Å². The van der Waals surface area contributed by atoms with E-state index in [2.05, 4.69) is 60.7 Å². The fourth-order valence-corrected chi connectivity index (χ4v) is 2.86. The molecular weight excluding hydrogens is 204 g/mol. The SMILES string of the molecule is C1=CC=C2C=C3C(=C(C=C1)C2)c1ccccc13. The van der Waals surface area contributed by atoms with Crippen molar-refractivity contribution in [2.24, 2.45) is 0 Å². The number of fused-ring (bicyclic) bond motifs is 6. The molecule has 0 fully saturated rings. The van der Waals surface area contributed by atoms with Crippen molar-refractivity contribution in [2.75, 3.05) is 0 Å². The lowest BCUT2D eigenvalue weighted by atomic mass is 9.70. The Labute approximate surface area is 101 Å². The normalized spacial score (nSPS) is 19.5. The second kappa shape index (κ2) is 3.21. The van der Waals surface area contributed by atoms with Crippen molar-refractivity contribution in [1.29, 1.82) is 0 Å². The van der Waals surface area contributed by atoms with Crippen LogP contribution in [0.4, 0.5) is 0 Å². The van der Waals surface area contributed by atoms with Crippen LogP contribution in [0.1, 0.15) is 17.5 Å². The smallest absolute Gasteiger partial charge is 0.00192 e. The van der Waals surface area contributed by atoms with Crippen LogP contribution in [0.25, 0.3) is 11.1 Å². The lowest BCUT2D eigenvalue weighted by molar-refractivity contribution is 1.18. The molecule has 0 aromatic heterocycles. The van der Waals surface area contributed by atoms with Crippen LogP contribution in [0.2, 0.25) is 0 Å². The highest BCUT2D eigenvalue weighted by Gasteiger charge is 2.30. The highest BCUT2D eigenvalue weighted by Crippen LogP contribution is 2.51. The van der Waals surface area contributed by atoms with Gasteiger partial charge in [-0.25, -0.2) is 0 Å². The van der Waals surface area contributed by atoms with Crippen LogP contribution >= 0.6 is 0 Å². The average Bonchev–Trinajstić information content (AvgIpc) is 2.32. The number of allylic oxidation sites excluding steroid dienone is 10. The van der Waals surface area contributed by atoms with Gasteiger partial charge in [0.2, 0.25) is 0 Å². The van der Waals surface area contributed by atoms with Gasteiger partial charge in [0.15, 0.2) is 0 Å². The van der Waals surface area contributed by atoms with E-state index in [4.69, 9.17) is 0 Å². The number of benzene rings is 1. The number of hydrogen-bond acceptors (Lipinski definition) is 0. The van der Waals surface area contributed by atoms with Gasteiger partial charge in [0.25, 0.3) is 0 Å². The topological polar surface area (TPSA) is 0 Å². The van der Waals surface area contributed by atoms with Crippen LogP contribution in [0, 0.1) is 0 Å². The fourth-order valence-electron chi connectivity index (χ4n) is 2.86. The number of rotatable bonds is 0. The summed E-state index contributed by atoms with van der Waals surface area (Å²) < 4.78 is 0. The first kappa shape index (κ1) is 9.00. The molecule has 4 rings (SSSR count). The Morgan fingerprint density at radius 3 is 2.71 bits per heavy atom. The molecule has 1 aromatic rings. The summed E-state index contributed by atoms with van der Waals surface area (Å²) in [5.41, 5.74) is 8.58. The average molecular weight is 216 g/mol. The minimum atomic E-state index is 1.06. The molecule has 17 heavy (non-hydrogen) atoms. The molecule has 0 saturated heterocycles. The van der Waals surface area contributed by atoms with Crippen molar-refractivity contribution in [3.05, 3.63) is 83.0 Å². The third-order valence-electron chi connectivity index (χ3n) is 3.63. The summed E-state index contributed by atoms with van der Waals surface area (Å²) in [6, 6.07) is 8.69. The van der Waals surface area contributed by atoms with E-state index in [1.807, 2.05) is 0 Å². The Balaban J connectivity index is 2.03. The van der Waals surface area contributed by atoms with E-state index in [1.54, 1.807) is 0 Å². The molecule has 0 spiro atoms. The summed E-state index contributed by atoms with van der Waals surface area (Å²) in [4.78, 5) is 0. The standard InChI is InChI=1S/C17H12/c1-2-6-12-10-13(7-3-1)17-15-9-5-4-8-14(15)16(17)11-12/h1-9,11H,10H2. The predicted octanol–water partition coefficient (Wildman–Crippen LogP) is 4.29. The van der Waals surface area contributed by atoms with Gasteiger partial charge in [-0.2, -0.15) is 0 Å². The summed E-state index contributed by atoms with van der Waals surface area (Å²) in [5, 5.41) is 0. The van der Waals surface area contributed by atoms with Gasteiger partial charge in [-0.15, -0.1) is 0 Å². The van der Waals surface area contributed by atoms with Gasteiger partial charge in [0.1, 0.15) is 0 Å². The third kappa shape index (κ3) is 1.18. The van der Waals surface area contributed by atoms with Gasteiger partial charge < -0.3 is 0 Å². The van der Waals surface area contributed by atoms with Crippen LogP contribution in [0.15, 0.2) is 71.9 Å². The minimum Gasteiger partial charge on any atom is -0.0622 e. The molecule has 0 N–H and O–H groups in total. The molecule has 0 saturated carbocycles. The van der Waals surface area contributed by atoms with Gasteiger partial charge >= 0.3 is 0 Å². The zero-order valence-corrected chi connectivity index (χ0v) is 9.48. The molecule has 0 radical (unpaired) electrons. The second-order valence-electron chi connectivity index (χ2n) is 4.67. The Morgan fingerprint density at radius 2 is 1.76 bits per heavy atom. The lowest BCUT2D eigenvalue weighted by Gasteiger charge is -2.33. The monoisotopic (exact) mass is 216 g/mol. The van der Waals surface area contributed by atoms with Crippen molar-refractivity contribution >= 4 is 11.1 Å². The summed E-state index contributed by atoms with van der Waals surface area (Å²) >= 11 is 0. The van der Waals surface area contributed by atoms with Crippen molar-refractivity contribution in [2.45, 2.75) is 6.42 Å². The van der Waals surface area contributed by atoms with Crippen molar-refractivity contribution in [1.82, 2.24) is 0 Å². The number of hydrogen-bond donors (Lipinski definition) is 0. The Kier molecular flexibility index (Phi) is 1.70. The van der Waals surface area contributed by atoms with Gasteiger partial charge in [0, 0.05) is 0 Å². The molecule has 80 valence electrons. The molecule has 3 aliphatic rings. The molecule has 0 amide bonds. The van der Waals surface area contributed by atoms with Crippen LogP contribution in [0.5, 0.6) is 0 Å². The van der Waals surface area contributed by atoms with Crippen molar-refractivity contribution in [3.63, 3.8) is 0 Å². The molecule has 2 bridgehead atoms. The zero-order valence-electron chi connectivity index (χ0n) is 9.48. The van der Waals surface area contributed by atoms with E-state index in [0.717, 1.165) is 6.42 Å². The van der Waals surface area contributed by atoms with Crippen LogP contribution in [-0.4, -0.2) is 0 Å². The van der Waals surface area contributed by atoms with Crippen molar-refractivity contribution in [3.8, 4) is 0 Å². The largest absolute Gasteiger partial charge is 0.0622 e. The van der Waals surface area contributed by atoms with Gasteiger partial charge in [0.05, 0.1) is 0 Å². The fraction of sp³-hybridized carbons (Fsp3) is 0.0588. The molecular formula is C17H12. The molecule has 0 unspecified atom stereocenters. The maximum Gasteiger partial charge on any atom is -0.00192 e. The van der Waals surface area contributed by atoms with E-state index in [1.165, 1.54) is 33.4 Å². The first-order valence-electron chi connectivity index (χ1n) is 6.02. The molecule has 3 aliphatic carbocycles. The van der Waals surface area contributed by atoms with E-state index in [-0.39, 0.29) is 0 Å². The molecule has 0 atom stereocenters. The van der Waals surface area contributed by atoms with Crippen LogP contribution < -0.4 is 0 Å². The first-order chi connectivity index (χ1) is 8.43. The minimum absolute atomic E-state index is 1.06. The highest BCUT2D eigenvalue weighted by molar-refractivity contribution is 6.19. The maximum absolute atomic E-state index is 2.34. The quantitative estimate of drug-likeness (QED) is 0.606. The molecule has 0 heteroatoms. The zero-order chi connectivity index (χ0) is 11.2. The summed E-state index contributed by atoms with van der Waals surface area (Å²) in [7, 11) is 0. The van der Waals surface area contributed by atoms with Crippen molar-refractivity contribution < 1.29 is 0 Å². The van der Waals surface area contributed by atoms with E-state index in [9.17, 15) is 0 Å². The van der Waals surface area contributed by atoms with E-state index < -0.39 is 0 Å². The molecule has 1 aromatic carbocycles. The summed E-state index contributed by atoms with van der Waals surface area (Å²) in [5.74, 6) is 0. The van der Waals surface area contributed by atoms with Crippen LogP contribution in [-0.2, 0) is 0 Å². The van der Waals surface area contributed by atoms with E-state index >= 15 is 0 Å².